The molecular formula is C22H17F3N4O6. The number of non-ortho nitro benzene ring substituents is 1. The van der Waals surface area contributed by atoms with E-state index in [-0.39, 0.29) is 49.1 Å². The highest BCUT2D eigenvalue weighted by Crippen LogP contribution is 2.37. The van der Waals surface area contributed by atoms with Gasteiger partial charge in [0.2, 0.25) is 0 Å². The summed E-state index contributed by atoms with van der Waals surface area (Å²) in [6, 6.07) is 11.1. The van der Waals surface area contributed by atoms with Gasteiger partial charge in [0.15, 0.2) is 5.76 Å². The van der Waals surface area contributed by atoms with E-state index >= 15 is 0 Å². The Morgan fingerprint density at radius 1 is 0.914 bits per heavy atom. The molecule has 3 aromatic rings. The van der Waals surface area contributed by atoms with Crippen molar-refractivity contribution in [2.45, 2.75) is 6.18 Å². The fraction of sp³-hybridized carbons (Fsp3) is 0.227. The largest absolute Gasteiger partial charge is 0.451 e. The van der Waals surface area contributed by atoms with Crippen LogP contribution in [-0.4, -0.2) is 46.8 Å². The molecule has 0 aliphatic carbocycles. The highest BCUT2D eigenvalue weighted by Gasteiger charge is 2.34. The Kier molecular flexibility index (Phi) is 6.16. The molecule has 1 aromatic heterocycles. The van der Waals surface area contributed by atoms with Gasteiger partial charge in [-0.2, -0.15) is 13.2 Å². The van der Waals surface area contributed by atoms with E-state index in [4.69, 9.17) is 4.42 Å². The van der Waals surface area contributed by atoms with Crippen molar-refractivity contribution in [1.82, 2.24) is 4.90 Å². The number of hydrogen-bond donors (Lipinski definition) is 0. The number of alkyl halides is 3. The third-order valence-electron chi connectivity index (χ3n) is 5.57. The molecule has 10 nitrogen and oxygen atoms in total. The van der Waals surface area contributed by atoms with Gasteiger partial charge in [-0.1, -0.05) is 12.1 Å². The zero-order chi connectivity index (χ0) is 25.3. The fourth-order valence-electron chi connectivity index (χ4n) is 3.80. The Labute approximate surface area is 195 Å². The van der Waals surface area contributed by atoms with E-state index in [9.17, 15) is 38.2 Å². The summed E-state index contributed by atoms with van der Waals surface area (Å²) in [6.45, 7) is 0.639. The van der Waals surface area contributed by atoms with Crippen LogP contribution in [0.1, 0.15) is 16.1 Å². The number of carbonyl (C=O) groups is 1. The molecule has 1 amide bonds. The molecule has 0 unspecified atom stereocenters. The maximum Gasteiger partial charge on any atom is 0.416 e. The second-order valence-electron chi connectivity index (χ2n) is 7.71. The van der Waals surface area contributed by atoms with E-state index in [1.54, 1.807) is 11.0 Å². The van der Waals surface area contributed by atoms with Crippen molar-refractivity contribution in [3.05, 3.63) is 86.1 Å². The summed E-state index contributed by atoms with van der Waals surface area (Å²) in [4.78, 5) is 36.8. The molecule has 13 heteroatoms. The number of halogens is 3. The van der Waals surface area contributed by atoms with Crippen molar-refractivity contribution in [1.29, 1.82) is 0 Å². The van der Waals surface area contributed by atoms with Crippen LogP contribution in [0.5, 0.6) is 0 Å². The number of nitro groups is 2. The van der Waals surface area contributed by atoms with Crippen LogP contribution in [0.15, 0.2) is 59.0 Å². The van der Waals surface area contributed by atoms with Crippen LogP contribution in [0, 0.1) is 20.2 Å². The normalized spacial score (nSPS) is 14.1. The summed E-state index contributed by atoms with van der Waals surface area (Å²) in [6.07, 6.45) is -4.71. The molecule has 2 aromatic carbocycles. The van der Waals surface area contributed by atoms with Gasteiger partial charge >= 0.3 is 6.18 Å². The third-order valence-corrected chi connectivity index (χ3v) is 5.57. The summed E-state index contributed by atoms with van der Waals surface area (Å²) >= 11 is 0. The number of furan rings is 1. The van der Waals surface area contributed by atoms with Crippen molar-refractivity contribution < 1.29 is 32.2 Å². The van der Waals surface area contributed by atoms with E-state index in [0.717, 1.165) is 12.1 Å². The van der Waals surface area contributed by atoms with Crippen LogP contribution in [0.25, 0.3) is 11.3 Å². The monoisotopic (exact) mass is 490 g/mol. The number of piperazine rings is 1. The molecule has 4 rings (SSSR count). The number of hydrogen-bond acceptors (Lipinski definition) is 7. The number of carbonyl (C=O) groups excluding carboxylic acids is 1. The molecule has 0 saturated carbocycles. The van der Waals surface area contributed by atoms with E-state index in [1.807, 2.05) is 0 Å². The zero-order valence-electron chi connectivity index (χ0n) is 17.9. The van der Waals surface area contributed by atoms with Crippen LogP contribution in [0.2, 0.25) is 0 Å². The Bertz CT molecular complexity index is 1300. The molecule has 35 heavy (non-hydrogen) atoms. The van der Waals surface area contributed by atoms with E-state index in [0.29, 0.717) is 11.6 Å². The lowest BCUT2D eigenvalue weighted by molar-refractivity contribution is -0.384. The maximum absolute atomic E-state index is 13.0. The number of nitrogens with zero attached hydrogens (tertiary/aromatic N) is 4. The first-order valence-electron chi connectivity index (χ1n) is 10.3. The number of nitro benzene ring substituents is 2. The molecule has 0 N–H and O–H groups in total. The van der Waals surface area contributed by atoms with Gasteiger partial charge < -0.3 is 14.2 Å². The molecule has 0 bridgehead atoms. The molecule has 1 aliphatic rings. The highest BCUT2D eigenvalue weighted by molar-refractivity contribution is 5.92. The molecular weight excluding hydrogens is 473 g/mol. The van der Waals surface area contributed by atoms with E-state index in [2.05, 4.69) is 0 Å². The third kappa shape index (κ3) is 4.93. The van der Waals surface area contributed by atoms with Crippen LogP contribution >= 0.6 is 0 Å². The minimum absolute atomic E-state index is 0.0143. The average molecular weight is 490 g/mol. The first-order chi connectivity index (χ1) is 16.5. The first kappa shape index (κ1) is 23.7. The van der Waals surface area contributed by atoms with E-state index < -0.39 is 33.2 Å². The lowest BCUT2D eigenvalue weighted by Crippen LogP contribution is -2.48. The Morgan fingerprint density at radius 2 is 1.63 bits per heavy atom. The maximum atomic E-state index is 13.0. The second-order valence-corrected chi connectivity index (χ2v) is 7.71. The van der Waals surface area contributed by atoms with Crippen LogP contribution in [0.4, 0.5) is 30.2 Å². The lowest BCUT2D eigenvalue weighted by atomic mass is 10.1. The molecule has 0 radical (unpaired) electrons. The molecule has 1 fully saturated rings. The number of amides is 1. The van der Waals surface area contributed by atoms with Gasteiger partial charge in [0, 0.05) is 49.9 Å². The van der Waals surface area contributed by atoms with Gasteiger partial charge in [0.05, 0.1) is 15.4 Å². The van der Waals surface area contributed by atoms with Gasteiger partial charge in [-0.3, -0.25) is 25.0 Å². The zero-order valence-corrected chi connectivity index (χ0v) is 17.9. The topological polar surface area (TPSA) is 123 Å². The molecule has 2 heterocycles. The Hall–Kier alpha value is -4.42. The van der Waals surface area contributed by atoms with Gasteiger partial charge in [0.25, 0.3) is 17.3 Å². The van der Waals surface area contributed by atoms with Gasteiger partial charge in [-0.25, -0.2) is 0 Å². The van der Waals surface area contributed by atoms with Crippen LogP contribution < -0.4 is 4.90 Å². The second kappa shape index (κ2) is 9.08. The Morgan fingerprint density at radius 3 is 2.26 bits per heavy atom. The summed E-state index contributed by atoms with van der Waals surface area (Å²) in [5.41, 5.74) is -1.43. The molecule has 0 spiro atoms. The molecule has 0 atom stereocenters. The van der Waals surface area contributed by atoms with Crippen LogP contribution in [0.3, 0.4) is 0 Å². The average Bonchev–Trinajstić information content (AvgIpc) is 3.33. The van der Waals surface area contributed by atoms with Crippen LogP contribution in [-0.2, 0) is 6.18 Å². The predicted octanol–water partition coefficient (Wildman–Crippen LogP) is 4.74. The minimum atomic E-state index is -4.71. The highest BCUT2D eigenvalue weighted by atomic mass is 19.4. The number of anilines is 1. The van der Waals surface area contributed by atoms with Gasteiger partial charge in [0.1, 0.15) is 11.4 Å². The number of benzene rings is 2. The smallest absolute Gasteiger partial charge is 0.416 e. The Balaban J connectivity index is 1.46. The quantitative estimate of drug-likeness (QED) is 0.374. The molecule has 182 valence electrons. The SMILES string of the molecule is O=C(c1ccc(-c2cccc([N+](=O)[O-])c2)o1)N1CCN(c2ccc(C(F)(F)F)cc2[N+](=O)[O-])CC1. The summed E-state index contributed by atoms with van der Waals surface area (Å²) in [5, 5.41) is 22.4. The van der Waals surface area contributed by atoms with Crippen molar-refractivity contribution >= 4 is 23.0 Å². The number of rotatable bonds is 5. The predicted molar refractivity (Wildman–Crippen MR) is 117 cm³/mol. The van der Waals surface area contributed by atoms with Gasteiger partial charge in [-0.05, 0) is 24.3 Å². The van der Waals surface area contributed by atoms with Crippen molar-refractivity contribution in [3.63, 3.8) is 0 Å². The van der Waals surface area contributed by atoms with Crippen molar-refractivity contribution in [3.8, 4) is 11.3 Å². The minimum Gasteiger partial charge on any atom is -0.451 e. The fourth-order valence-corrected chi connectivity index (χ4v) is 3.80. The molecule has 1 saturated heterocycles. The van der Waals surface area contributed by atoms with Crippen molar-refractivity contribution in [2.24, 2.45) is 0 Å². The first-order valence-corrected chi connectivity index (χ1v) is 10.3. The van der Waals surface area contributed by atoms with Crippen molar-refractivity contribution in [2.75, 3.05) is 31.1 Å². The van der Waals surface area contributed by atoms with E-state index in [1.165, 1.54) is 35.2 Å². The van der Waals surface area contributed by atoms with Gasteiger partial charge in [-0.15, -0.1) is 0 Å². The molecule has 1 aliphatic heterocycles. The standard InChI is InChI=1S/C22H17F3N4O6/c23-22(24,25)15-4-5-17(18(13-15)29(33)34)26-8-10-27(11-9-26)21(30)20-7-6-19(35-20)14-2-1-3-16(12-14)28(31)32/h1-7,12-13H,8-11H2. The lowest BCUT2D eigenvalue weighted by Gasteiger charge is -2.35. The summed E-state index contributed by atoms with van der Waals surface area (Å²) in [5.74, 6) is -0.153. The summed E-state index contributed by atoms with van der Waals surface area (Å²) < 4.78 is 44.5. The summed E-state index contributed by atoms with van der Waals surface area (Å²) in [7, 11) is 0.